The van der Waals surface area contributed by atoms with Crippen LogP contribution >= 0.6 is 0 Å². The average Bonchev–Trinajstić information content (AvgIpc) is 2.99. The molecule has 1 aliphatic heterocycles. The van der Waals surface area contributed by atoms with Crippen molar-refractivity contribution in [2.75, 3.05) is 13.2 Å². The van der Waals surface area contributed by atoms with Crippen LogP contribution in [0.2, 0.25) is 0 Å². The zero-order valence-corrected chi connectivity index (χ0v) is 22.6. The van der Waals surface area contributed by atoms with Crippen molar-refractivity contribution in [3.8, 4) is 16.9 Å². The lowest BCUT2D eigenvalue weighted by Crippen LogP contribution is -2.24. The van der Waals surface area contributed by atoms with Crippen molar-refractivity contribution in [1.82, 2.24) is 0 Å². The van der Waals surface area contributed by atoms with Gasteiger partial charge in [0.25, 0.3) is 0 Å². The number of rotatable bonds is 9. The van der Waals surface area contributed by atoms with Gasteiger partial charge in [0.15, 0.2) is 11.6 Å². The van der Waals surface area contributed by atoms with Crippen LogP contribution < -0.4 is 4.74 Å². The van der Waals surface area contributed by atoms with Crippen molar-refractivity contribution >= 4 is 11.1 Å². The molecule has 1 aliphatic carbocycles. The molecule has 0 bridgehead atoms. The van der Waals surface area contributed by atoms with Crippen molar-refractivity contribution in [1.29, 1.82) is 0 Å². The molecule has 1 heterocycles. The summed E-state index contributed by atoms with van der Waals surface area (Å²) >= 11 is 0. The fourth-order valence-corrected chi connectivity index (χ4v) is 5.57. The van der Waals surface area contributed by atoms with Crippen LogP contribution in [0.4, 0.5) is 8.78 Å². The minimum Gasteiger partial charge on any atom is -0.491 e. The van der Waals surface area contributed by atoms with E-state index in [1.165, 1.54) is 34.8 Å². The summed E-state index contributed by atoms with van der Waals surface area (Å²) in [5.74, 6) is -1.41. The predicted octanol–water partition coefficient (Wildman–Crippen LogP) is 9.52. The van der Waals surface area contributed by atoms with Gasteiger partial charge in [-0.3, -0.25) is 0 Å². The van der Waals surface area contributed by atoms with Crippen LogP contribution in [0, 0.1) is 11.6 Å². The van der Waals surface area contributed by atoms with E-state index in [0.29, 0.717) is 17.6 Å². The summed E-state index contributed by atoms with van der Waals surface area (Å²) in [4.78, 5) is 0. The van der Waals surface area contributed by atoms with Crippen molar-refractivity contribution < 1.29 is 18.3 Å². The maximum absolute atomic E-state index is 14.6. The van der Waals surface area contributed by atoms with Crippen LogP contribution in [0.25, 0.3) is 22.3 Å². The summed E-state index contributed by atoms with van der Waals surface area (Å²) in [7, 11) is 0. The van der Waals surface area contributed by atoms with Crippen molar-refractivity contribution in [3.63, 3.8) is 0 Å². The zero-order valence-electron chi connectivity index (χ0n) is 22.6. The Hall–Kier alpha value is -3.50. The summed E-state index contributed by atoms with van der Waals surface area (Å²) in [5.41, 5.74) is 7.17. The Kier molecular flexibility index (Phi) is 8.73. The van der Waals surface area contributed by atoms with Crippen LogP contribution in [0.15, 0.2) is 85.5 Å². The molecule has 1 fully saturated rings. The van der Waals surface area contributed by atoms with E-state index in [1.807, 2.05) is 30.3 Å². The third kappa shape index (κ3) is 6.23. The maximum atomic E-state index is 14.6. The molecule has 5 rings (SSSR count). The SMILES string of the molecule is C=CCCC1CCC(c2ccc(C3=CC=C(c4ccc(-c5ccc(OCC)c(F)c5F)cc4)CC3)cc2)CO1. The largest absolute Gasteiger partial charge is 0.491 e. The van der Waals surface area contributed by atoms with Crippen LogP contribution in [0.3, 0.4) is 0 Å². The lowest BCUT2D eigenvalue weighted by molar-refractivity contribution is -0.000174. The van der Waals surface area contributed by atoms with E-state index in [1.54, 1.807) is 13.0 Å². The highest BCUT2D eigenvalue weighted by Crippen LogP contribution is 2.35. The van der Waals surface area contributed by atoms with E-state index in [-0.39, 0.29) is 17.9 Å². The highest BCUT2D eigenvalue weighted by molar-refractivity contribution is 5.79. The van der Waals surface area contributed by atoms with Gasteiger partial charge in [-0.25, -0.2) is 4.39 Å². The molecule has 0 spiro atoms. The van der Waals surface area contributed by atoms with E-state index in [0.717, 1.165) is 44.3 Å². The fourth-order valence-electron chi connectivity index (χ4n) is 5.57. The van der Waals surface area contributed by atoms with Crippen LogP contribution in [0.5, 0.6) is 5.75 Å². The lowest BCUT2D eigenvalue weighted by atomic mass is 9.87. The highest BCUT2D eigenvalue weighted by atomic mass is 19.2. The molecule has 0 radical (unpaired) electrons. The number of benzene rings is 3. The van der Waals surface area contributed by atoms with Crippen molar-refractivity contribution in [3.05, 3.63) is 114 Å². The van der Waals surface area contributed by atoms with E-state index in [9.17, 15) is 8.78 Å². The number of ether oxygens (including phenoxy) is 2. The molecule has 2 nitrogen and oxygen atoms in total. The molecular formula is C35H36F2O2. The minimum absolute atomic E-state index is 0.0592. The molecule has 2 unspecified atom stereocenters. The standard InChI is InChI=1S/C35H36F2O2/c1-3-5-6-31-20-19-30(23-39-31)28-13-11-26(12-14-28)24-7-9-25(10-8-24)27-15-17-29(18-16-27)32-21-22-33(38-4-2)35(37)34(32)36/h3,7,9,11-18,21-22,30-31H,1,4-6,8,10,19-20,23H2,2H3. The highest BCUT2D eigenvalue weighted by Gasteiger charge is 2.23. The van der Waals surface area contributed by atoms with Gasteiger partial charge >= 0.3 is 0 Å². The molecule has 0 aromatic heterocycles. The molecule has 3 aromatic rings. The van der Waals surface area contributed by atoms with Gasteiger partial charge in [0, 0.05) is 11.5 Å². The van der Waals surface area contributed by atoms with Gasteiger partial charge in [-0.05, 0) is 91.0 Å². The van der Waals surface area contributed by atoms with E-state index in [4.69, 9.17) is 9.47 Å². The molecule has 0 N–H and O–H groups in total. The van der Waals surface area contributed by atoms with Gasteiger partial charge in [-0.15, -0.1) is 6.58 Å². The maximum Gasteiger partial charge on any atom is 0.201 e. The Morgan fingerprint density at radius 3 is 2.05 bits per heavy atom. The summed E-state index contributed by atoms with van der Waals surface area (Å²) in [6.07, 6.45) is 13.0. The van der Waals surface area contributed by atoms with Gasteiger partial charge in [-0.2, -0.15) is 4.39 Å². The van der Waals surface area contributed by atoms with Crippen molar-refractivity contribution in [2.24, 2.45) is 0 Å². The molecule has 39 heavy (non-hydrogen) atoms. The molecule has 0 saturated carbocycles. The lowest BCUT2D eigenvalue weighted by Gasteiger charge is -2.29. The average molecular weight is 527 g/mol. The first-order valence-corrected chi connectivity index (χ1v) is 14.0. The quantitative estimate of drug-likeness (QED) is 0.259. The number of allylic oxidation sites excluding steroid dienone is 5. The number of hydrogen-bond donors (Lipinski definition) is 0. The normalized spacial score (nSPS) is 19.3. The smallest absolute Gasteiger partial charge is 0.201 e. The Bertz CT molecular complexity index is 1340. The first-order valence-electron chi connectivity index (χ1n) is 14.0. The Labute approximate surface area is 230 Å². The molecule has 4 heteroatoms. The molecule has 2 atom stereocenters. The minimum atomic E-state index is -0.945. The monoisotopic (exact) mass is 526 g/mol. The van der Waals surface area contributed by atoms with Crippen LogP contribution in [-0.2, 0) is 4.74 Å². The van der Waals surface area contributed by atoms with E-state index < -0.39 is 11.6 Å². The van der Waals surface area contributed by atoms with Gasteiger partial charge in [0.1, 0.15) is 0 Å². The topological polar surface area (TPSA) is 18.5 Å². The van der Waals surface area contributed by atoms with E-state index in [2.05, 4.69) is 43.0 Å². The van der Waals surface area contributed by atoms with Gasteiger partial charge in [-0.1, -0.05) is 66.8 Å². The zero-order chi connectivity index (χ0) is 27.2. The molecular weight excluding hydrogens is 490 g/mol. The third-order valence-electron chi connectivity index (χ3n) is 7.88. The summed E-state index contributed by atoms with van der Waals surface area (Å²) < 4.78 is 40.2. The second kappa shape index (κ2) is 12.6. The van der Waals surface area contributed by atoms with Gasteiger partial charge in [0.2, 0.25) is 5.82 Å². The first kappa shape index (κ1) is 27.1. The molecule has 2 aliphatic rings. The summed E-state index contributed by atoms with van der Waals surface area (Å²) in [6.45, 7) is 6.64. The molecule has 0 amide bonds. The molecule has 202 valence electrons. The van der Waals surface area contributed by atoms with E-state index >= 15 is 0 Å². The predicted molar refractivity (Wildman–Crippen MR) is 156 cm³/mol. The summed E-state index contributed by atoms with van der Waals surface area (Å²) in [6, 6.07) is 19.7. The Morgan fingerprint density at radius 1 is 0.846 bits per heavy atom. The molecule has 3 aromatic carbocycles. The second-order valence-electron chi connectivity index (χ2n) is 10.4. The Balaban J connectivity index is 1.23. The van der Waals surface area contributed by atoms with Crippen LogP contribution in [0.1, 0.15) is 68.1 Å². The number of halogens is 2. The molecule has 1 saturated heterocycles. The van der Waals surface area contributed by atoms with Gasteiger partial charge < -0.3 is 9.47 Å². The number of hydrogen-bond acceptors (Lipinski definition) is 2. The second-order valence-corrected chi connectivity index (χ2v) is 10.4. The van der Waals surface area contributed by atoms with Crippen molar-refractivity contribution in [2.45, 2.75) is 57.5 Å². The fraction of sp³-hybridized carbons (Fsp3) is 0.314. The van der Waals surface area contributed by atoms with Crippen LogP contribution in [-0.4, -0.2) is 19.3 Å². The van der Waals surface area contributed by atoms with Gasteiger partial charge in [0.05, 0.1) is 19.3 Å². The first-order chi connectivity index (χ1) is 19.1. The Morgan fingerprint density at radius 2 is 1.49 bits per heavy atom. The third-order valence-corrected chi connectivity index (χ3v) is 7.88. The summed E-state index contributed by atoms with van der Waals surface area (Å²) in [5, 5.41) is 0.